The zero-order chi connectivity index (χ0) is 6.04. The Bertz CT molecular complexity index is 82.5. The molecule has 0 aromatic rings. The Kier molecular flexibility index (Phi) is 1.80. The van der Waals surface area contributed by atoms with Gasteiger partial charge in [-0.25, -0.2) is 0 Å². The Hall–Kier alpha value is 0.270. The van der Waals surface area contributed by atoms with Gasteiger partial charge in [0.2, 0.25) is 0 Å². The highest BCUT2D eigenvalue weighted by atomic mass is 32.2. The first-order valence-corrected chi connectivity index (χ1v) is 3.78. The number of ether oxygens (including phenoxy) is 1. The van der Waals surface area contributed by atoms with Crippen molar-refractivity contribution in [2.75, 3.05) is 25.2 Å². The van der Waals surface area contributed by atoms with Crippen molar-refractivity contribution < 1.29 is 4.74 Å². The van der Waals surface area contributed by atoms with Crippen LogP contribution in [-0.4, -0.2) is 30.8 Å². The van der Waals surface area contributed by atoms with E-state index < -0.39 is 0 Å². The van der Waals surface area contributed by atoms with Crippen LogP contribution in [-0.2, 0) is 4.74 Å². The van der Waals surface area contributed by atoms with Gasteiger partial charge in [-0.3, -0.25) is 0 Å². The summed E-state index contributed by atoms with van der Waals surface area (Å²) in [7, 11) is 1.69. The molecule has 0 spiro atoms. The van der Waals surface area contributed by atoms with Gasteiger partial charge in [-0.1, -0.05) is 0 Å². The first kappa shape index (κ1) is 6.39. The van der Waals surface area contributed by atoms with Crippen molar-refractivity contribution in [3.8, 4) is 0 Å². The molecule has 8 heavy (non-hydrogen) atoms. The van der Waals surface area contributed by atoms with E-state index in [4.69, 9.17) is 10.5 Å². The van der Waals surface area contributed by atoms with Gasteiger partial charge < -0.3 is 10.5 Å². The van der Waals surface area contributed by atoms with Crippen molar-refractivity contribution >= 4 is 11.8 Å². The molecule has 0 aliphatic carbocycles. The molecule has 0 bridgehead atoms. The van der Waals surface area contributed by atoms with Crippen molar-refractivity contribution in [1.82, 2.24) is 0 Å². The summed E-state index contributed by atoms with van der Waals surface area (Å²) in [4.78, 5) is 0. The molecular weight excluding hydrogens is 122 g/mol. The molecule has 2 N–H and O–H groups in total. The minimum absolute atomic E-state index is 0.0133. The second-order valence-corrected chi connectivity index (χ2v) is 3.27. The molecule has 3 heteroatoms. The van der Waals surface area contributed by atoms with Gasteiger partial charge in [0.15, 0.2) is 0 Å². The third-order valence-corrected chi connectivity index (χ3v) is 2.77. The minimum Gasteiger partial charge on any atom is -0.383 e. The van der Waals surface area contributed by atoms with Crippen LogP contribution in [0.5, 0.6) is 0 Å². The lowest BCUT2D eigenvalue weighted by atomic mass is 10.1. The zero-order valence-electron chi connectivity index (χ0n) is 5.02. The lowest BCUT2D eigenvalue weighted by molar-refractivity contribution is 0.149. The van der Waals surface area contributed by atoms with E-state index in [9.17, 15) is 0 Å². The summed E-state index contributed by atoms with van der Waals surface area (Å²) in [5.41, 5.74) is 5.78. The molecule has 0 unspecified atom stereocenters. The number of nitrogens with two attached hydrogens (primary N) is 1. The number of thioether (sulfide) groups is 1. The van der Waals surface area contributed by atoms with Gasteiger partial charge in [-0.05, 0) is 0 Å². The largest absolute Gasteiger partial charge is 0.383 e. The molecule has 0 saturated carbocycles. The monoisotopic (exact) mass is 133 g/mol. The predicted molar refractivity (Wildman–Crippen MR) is 36.1 cm³/mol. The fourth-order valence-corrected chi connectivity index (χ4v) is 1.63. The SMILES string of the molecule is COCC1(N)CSC1. The molecule has 1 aliphatic rings. The molecule has 1 aliphatic heterocycles. The van der Waals surface area contributed by atoms with Crippen LogP contribution in [0.4, 0.5) is 0 Å². The topological polar surface area (TPSA) is 35.2 Å². The highest BCUT2D eigenvalue weighted by Crippen LogP contribution is 2.26. The van der Waals surface area contributed by atoms with Crippen LogP contribution in [0, 0.1) is 0 Å². The van der Waals surface area contributed by atoms with Crippen LogP contribution in [0.1, 0.15) is 0 Å². The van der Waals surface area contributed by atoms with E-state index in [-0.39, 0.29) is 5.54 Å². The lowest BCUT2D eigenvalue weighted by Crippen LogP contribution is -2.55. The fraction of sp³-hybridized carbons (Fsp3) is 1.00. The van der Waals surface area contributed by atoms with Crippen molar-refractivity contribution in [1.29, 1.82) is 0 Å². The van der Waals surface area contributed by atoms with Gasteiger partial charge in [0.25, 0.3) is 0 Å². The molecule has 1 fully saturated rings. The Balaban J connectivity index is 2.20. The normalized spacial score (nSPS) is 24.8. The van der Waals surface area contributed by atoms with Crippen LogP contribution >= 0.6 is 11.8 Å². The van der Waals surface area contributed by atoms with Gasteiger partial charge in [-0.15, -0.1) is 0 Å². The number of methoxy groups -OCH3 is 1. The summed E-state index contributed by atoms with van der Waals surface area (Å²) in [5.74, 6) is 2.11. The third-order valence-electron chi connectivity index (χ3n) is 1.21. The second kappa shape index (κ2) is 2.25. The molecule has 48 valence electrons. The summed E-state index contributed by atoms with van der Waals surface area (Å²) < 4.78 is 4.91. The molecule has 2 nitrogen and oxygen atoms in total. The van der Waals surface area contributed by atoms with Crippen molar-refractivity contribution in [3.05, 3.63) is 0 Å². The Morgan fingerprint density at radius 1 is 1.75 bits per heavy atom. The maximum atomic E-state index is 5.77. The molecule has 0 aromatic heterocycles. The number of rotatable bonds is 2. The first-order valence-electron chi connectivity index (χ1n) is 2.62. The number of hydrogen-bond donors (Lipinski definition) is 1. The average Bonchev–Trinajstić information content (AvgIpc) is 1.64. The lowest BCUT2D eigenvalue weighted by Gasteiger charge is -2.36. The van der Waals surface area contributed by atoms with Crippen LogP contribution in [0.25, 0.3) is 0 Å². The van der Waals surface area contributed by atoms with Crippen molar-refractivity contribution in [3.63, 3.8) is 0 Å². The molecule has 1 rings (SSSR count). The van der Waals surface area contributed by atoms with E-state index >= 15 is 0 Å². The summed E-state index contributed by atoms with van der Waals surface area (Å²) >= 11 is 1.88. The van der Waals surface area contributed by atoms with Crippen molar-refractivity contribution in [2.24, 2.45) is 5.73 Å². The highest BCUT2D eigenvalue weighted by molar-refractivity contribution is 8.00. The quantitative estimate of drug-likeness (QED) is 0.579. The molecule has 0 atom stereocenters. The molecule has 1 saturated heterocycles. The average molecular weight is 133 g/mol. The molecule has 0 amide bonds. The maximum absolute atomic E-state index is 5.77. The molecule has 0 aromatic carbocycles. The molecule has 0 radical (unpaired) electrons. The van der Waals surface area contributed by atoms with Crippen LogP contribution in [0.15, 0.2) is 0 Å². The Morgan fingerprint density at radius 2 is 2.38 bits per heavy atom. The van der Waals surface area contributed by atoms with E-state index in [1.54, 1.807) is 7.11 Å². The maximum Gasteiger partial charge on any atom is 0.0658 e. The Labute approximate surface area is 53.8 Å². The summed E-state index contributed by atoms with van der Waals surface area (Å²) in [6.07, 6.45) is 0. The van der Waals surface area contributed by atoms with Gasteiger partial charge in [0.1, 0.15) is 0 Å². The van der Waals surface area contributed by atoms with Crippen molar-refractivity contribution in [2.45, 2.75) is 5.54 Å². The fourth-order valence-electron chi connectivity index (χ4n) is 0.735. The zero-order valence-corrected chi connectivity index (χ0v) is 5.83. The predicted octanol–water partition coefficient (Wildman–Crippen LogP) is 0.0771. The van der Waals surface area contributed by atoms with Gasteiger partial charge >= 0.3 is 0 Å². The minimum atomic E-state index is 0.0133. The van der Waals surface area contributed by atoms with E-state index in [1.807, 2.05) is 11.8 Å². The smallest absolute Gasteiger partial charge is 0.0658 e. The third kappa shape index (κ3) is 1.16. The standard InChI is InChI=1S/C5H11NOS/c1-7-2-5(6)3-8-4-5/h2-4,6H2,1H3. The highest BCUT2D eigenvalue weighted by Gasteiger charge is 2.32. The van der Waals surface area contributed by atoms with E-state index in [2.05, 4.69) is 0 Å². The summed E-state index contributed by atoms with van der Waals surface area (Å²) in [6, 6.07) is 0. The second-order valence-electron chi connectivity index (χ2n) is 2.29. The van der Waals surface area contributed by atoms with Gasteiger partial charge in [0, 0.05) is 18.6 Å². The van der Waals surface area contributed by atoms with Gasteiger partial charge in [0.05, 0.1) is 12.1 Å². The Morgan fingerprint density at radius 3 is 2.50 bits per heavy atom. The first-order chi connectivity index (χ1) is 3.77. The molecular formula is C5H11NOS. The van der Waals surface area contributed by atoms with Crippen LogP contribution < -0.4 is 5.73 Å². The van der Waals surface area contributed by atoms with Crippen LogP contribution in [0.2, 0.25) is 0 Å². The molecule has 1 heterocycles. The van der Waals surface area contributed by atoms with Gasteiger partial charge in [-0.2, -0.15) is 11.8 Å². The number of hydrogen-bond acceptors (Lipinski definition) is 3. The van der Waals surface area contributed by atoms with E-state index in [0.29, 0.717) is 6.61 Å². The summed E-state index contributed by atoms with van der Waals surface area (Å²) in [6.45, 7) is 0.708. The van der Waals surface area contributed by atoms with Crippen LogP contribution in [0.3, 0.4) is 0 Å². The van der Waals surface area contributed by atoms with E-state index in [1.165, 1.54) is 0 Å². The summed E-state index contributed by atoms with van der Waals surface area (Å²) in [5, 5.41) is 0. The van der Waals surface area contributed by atoms with E-state index in [0.717, 1.165) is 11.5 Å².